The van der Waals surface area contributed by atoms with Crippen molar-refractivity contribution < 1.29 is 19.4 Å². The molecule has 0 saturated carbocycles. The number of para-hydroxylation sites is 1. The maximum Gasteiger partial charge on any atom is 0.164 e. The monoisotopic (exact) mass is 289 g/mol. The van der Waals surface area contributed by atoms with Crippen LogP contribution in [0.3, 0.4) is 0 Å². The summed E-state index contributed by atoms with van der Waals surface area (Å²) in [5.41, 5.74) is 0.144. The molecule has 0 unspecified atom stereocenters. The summed E-state index contributed by atoms with van der Waals surface area (Å²) in [6.07, 6.45) is 3.41. The zero-order valence-corrected chi connectivity index (χ0v) is 12.1. The van der Waals surface area contributed by atoms with Gasteiger partial charge in [0.1, 0.15) is 18.2 Å². The van der Waals surface area contributed by atoms with Gasteiger partial charge in [0.2, 0.25) is 0 Å². The van der Waals surface area contributed by atoms with E-state index in [1.807, 2.05) is 55.3 Å². The van der Waals surface area contributed by atoms with Crippen molar-refractivity contribution in [3.05, 3.63) is 42.5 Å². The van der Waals surface area contributed by atoms with Gasteiger partial charge < -0.3 is 14.6 Å². The SMILES string of the molecule is CC1(C)O[C@@H]2[C@@H]3C=C[C@@H](ON3c3ccccc3)[C@]2(CO)O1. The number of hydroxylamine groups is 1. The lowest BCUT2D eigenvalue weighted by atomic mass is 9.80. The zero-order valence-electron chi connectivity index (χ0n) is 12.1. The van der Waals surface area contributed by atoms with E-state index in [0.717, 1.165) is 5.69 Å². The molecule has 0 radical (unpaired) electrons. The van der Waals surface area contributed by atoms with E-state index in [9.17, 15) is 5.11 Å². The summed E-state index contributed by atoms with van der Waals surface area (Å²) >= 11 is 0. The molecule has 2 fully saturated rings. The third kappa shape index (κ3) is 1.78. The van der Waals surface area contributed by atoms with Gasteiger partial charge in [-0.05, 0) is 26.0 Å². The van der Waals surface area contributed by atoms with E-state index in [1.165, 1.54) is 0 Å². The van der Waals surface area contributed by atoms with E-state index >= 15 is 0 Å². The molecule has 3 aliphatic heterocycles. The van der Waals surface area contributed by atoms with Gasteiger partial charge in [-0.2, -0.15) is 0 Å². The van der Waals surface area contributed by atoms with E-state index in [2.05, 4.69) is 6.08 Å². The molecule has 1 N–H and O–H groups in total. The molecule has 5 heteroatoms. The Labute approximate surface area is 123 Å². The average Bonchev–Trinajstić information content (AvgIpc) is 2.81. The molecular weight excluding hydrogens is 270 g/mol. The van der Waals surface area contributed by atoms with Crippen molar-refractivity contribution in [3.8, 4) is 0 Å². The highest BCUT2D eigenvalue weighted by molar-refractivity contribution is 5.49. The van der Waals surface area contributed by atoms with E-state index in [0.29, 0.717) is 0 Å². The van der Waals surface area contributed by atoms with Crippen LogP contribution in [0.25, 0.3) is 0 Å². The van der Waals surface area contributed by atoms with Crippen LogP contribution in [0.4, 0.5) is 5.69 Å². The zero-order chi connectivity index (χ0) is 14.7. The second kappa shape index (κ2) is 4.30. The molecule has 0 aromatic heterocycles. The number of benzene rings is 1. The van der Waals surface area contributed by atoms with Gasteiger partial charge in [-0.25, -0.2) is 5.06 Å². The summed E-state index contributed by atoms with van der Waals surface area (Å²) in [6, 6.07) is 9.79. The molecule has 4 aliphatic rings. The van der Waals surface area contributed by atoms with Gasteiger partial charge in [0.15, 0.2) is 11.4 Å². The number of fused-ring (bicyclic) bond motifs is 1. The van der Waals surface area contributed by atoms with Gasteiger partial charge in [-0.3, -0.25) is 4.84 Å². The third-order valence-corrected chi connectivity index (χ3v) is 4.36. The van der Waals surface area contributed by atoms with Crippen LogP contribution in [0.1, 0.15) is 13.8 Å². The Hall–Kier alpha value is -1.40. The van der Waals surface area contributed by atoms with Gasteiger partial charge >= 0.3 is 0 Å². The topological polar surface area (TPSA) is 51.2 Å². The molecule has 1 aromatic carbocycles. The molecule has 2 bridgehead atoms. The van der Waals surface area contributed by atoms with Crippen molar-refractivity contribution in [2.75, 3.05) is 11.7 Å². The molecule has 2 saturated heterocycles. The number of aliphatic hydroxyl groups excluding tert-OH is 1. The van der Waals surface area contributed by atoms with Crippen molar-refractivity contribution in [1.29, 1.82) is 0 Å². The van der Waals surface area contributed by atoms with Crippen LogP contribution in [0, 0.1) is 0 Å². The highest BCUT2D eigenvalue weighted by Crippen LogP contribution is 2.49. The lowest BCUT2D eigenvalue weighted by Gasteiger charge is -2.52. The summed E-state index contributed by atoms with van der Waals surface area (Å²) in [6.45, 7) is 3.61. The molecule has 21 heavy (non-hydrogen) atoms. The second-order valence-corrected chi connectivity index (χ2v) is 6.22. The minimum atomic E-state index is -0.825. The Morgan fingerprint density at radius 1 is 1.19 bits per heavy atom. The fourth-order valence-electron chi connectivity index (χ4n) is 3.54. The second-order valence-electron chi connectivity index (χ2n) is 6.22. The summed E-state index contributed by atoms with van der Waals surface area (Å²) in [5.74, 6) is -0.730. The molecule has 5 rings (SSSR count). The molecule has 5 nitrogen and oxygen atoms in total. The van der Waals surface area contributed by atoms with Crippen LogP contribution in [-0.4, -0.2) is 41.4 Å². The van der Waals surface area contributed by atoms with Gasteiger partial charge in [0.05, 0.1) is 12.3 Å². The standard InChI is InChI=1S/C16H19NO4/c1-15(2)19-14-12-8-9-13(16(14,10-18)21-15)20-17(12)11-6-4-3-5-7-11/h3-9,12-14,18H,10H2,1-2H3/t12-,13+,14+,16-/m0/s1. The quantitative estimate of drug-likeness (QED) is 0.839. The van der Waals surface area contributed by atoms with Crippen LogP contribution >= 0.6 is 0 Å². The number of rotatable bonds is 2. The lowest BCUT2D eigenvalue weighted by Crippen LogP contribution is -2.69. The first kappa shape index (κ1) is 13.3. The molecule has 1 aliphatic carbocycles. The Morgan fingerprint density at radius 2 is 1.95 bits per heavy atom. The van der Waals surface area contributed by atoms with Gasteiger partial charge in [0.25, 0.3) is 0 Å². The number of hydrogen-bond donors (Lipinski definition) is 1. The Balaban J connectivity index is 1.74. The number of hydrogen-bond acceptors (Lipinski definition) is 5. The van der Waals surface area contributed by atoms with Crippen LogP contribution in [-0.2, 0) is 14.3 Å². The van der Waals surface area contributed by atoms with E-state index in [4.69, 9.17) is 14.3 Å². The van der Waals surface area contributed by atoms with Gasteiger partial charge in [0, 0.05) is 0 Å². The normalized spacial score (nSPS) is 39.6. The Morgan fingerprint density at radius 3 is 2.67 bits per heavy atom. The predicted molar refractivity (Wildman–Crippen MR) is 76.6 cm³/mol. The van der Waals surface area contributed by atoms with Crippen molar-refractivity contribution in [2.45, 2.75) is 43.5 Å². The van der Waals surface area contributed by atoms with Crippen molar-refractivity contribution in [1.82, 2.24) is 0 Å². The molecule has 1 aromatic rings. The lowest BCUT2D eigenvalue weighted by molar-refractivity contribution is -0.204. The number of nitrogens with zero attached hydrogens (tertiary/aromatic N) is 1. The fourth-order valence-corrected chi connectivity index (χ4v) is 3.54. The minimum absolute atomic E-state index is 0.119. The largest absolute Gasteiger partial charge is 0.393 e. The fraction of sp³-hybridized carbons (Fsp3) is 0.500. The molecule has 112 valence electrons. The highest BCUT2D eigenvalue weighted by Gasteiger charge is 2.65. The van der Waals surface area contributed by atoms with E-state index in [1.54, 1.807) is 0 Å². The first-order chi connectivity index (χ1) is 10.1. The number of anilines is 1. The minimum Gasteiger partial charge on any atom is -0.393 e. The average molecular weight is 289 g/mol. The maximum atomic E-state index is 9.93. The molecule has 4 atom stereocenters. The predicted octanol–water partition coefficient (Wildman–Crippen LogP) is 1.63. The molecule has 0 spiro atoms. The smallest absolute Gasteiger partial charge is 0.164 e. The number of aliphatic hydroxyl groups is 1. The van der Waals surface area contributed by atoms with Crippen LogP contribution in [0.5, 0.6) is 0 Å². The van der Waals surface area contributed by atoms with E-state index in [-0.39, 0.29) is 24.9 Å². The Kier molecular flexibility index (Phi) is 2.72. The van der Waals surface area contributed by atoms with Crippen molar-refractivity contribution in [3.63, 3.8) is 0 Å². The summed E-state index contributed by atoms with van der Waals surface area (Å²) in [7, 11) is 0. The molecule has 3 heterocycles. The number of ether oxygens (including phenoxy) is 2. The summed E-state index contributed by atoms with van der Waals surface area (Å²) < 4.78 is 12.1. The molecule has 0 amide bonds. The van der Waals surface area contributed by atoms with Gasteiger partial charge in [-0.15, -0.1) is 0 Å². The third-order valence-electron chi connectivity index (χ3n) is 4.36. The summed E-state index contributed by atoms with van der Waals surface area (Å²) in [5, 5.41) is 11.8. The first-order valence-corrected chi connectivity index (χ1v) is 7.24. The Bertz CT molecular complexity index is 573. The summed E-state index contributed by atoms with van der Waals surface area (Å²) in [4.78, 5) is 6.05. The van der Waals surface area contributed by atoms with Crippen molar-refractivity contribution in [2.24, 2.45) is 0 Å². The highest BCUT2D eigenvalue weighted by atomic mass is 16.8. The van der Waals surface area contributed by atoms with Crippen LogP contribution < -0.4 is 5.06 Å². The van der Waals surface area contributed by atoms with Crippen LogP contribution in [0.2, 0.25) is 0 Å². The maximum absolute atomic E-state index is 9.93. The van der Waals surface area contributed by atoms with E-state index < -0.39 is 11.4 Å². The van der Waals surface area contributed by atoms with Gasteiger partial charge in [-0.1, -0.05) is 30.4 Å². The first-order valence-electron chi connectivity index (χ1n) is 7.24. The molecular formula is C16H19NO4. The van der Waals surface area contributed by atoms with Crippen molar-refractivity contribution >= 4 is 5.69 Å². The van der Waals surface area contributed by atoms with Crippen LogP contribution in [0.15, 0.2) is 42.5 Å².